The van der Waals surface area contributed by atoms with Crippen molar-refractivity contribution in [2.75, 3.05) is 19.5 Å². The van der Waals surface area contributed by atoms with Crippen molar-refractivity contribution in [3.8, 4) is 11.3 Å². The van der Waals surface area contributed by atoms with Crippen LogP contribution in [0, 0.1) is 5.92 Å². The van der Waals surface area contributed by atoms with Crippen molar-refractivity contribution in [2.24, 2.45) is 5.92 Å². The van der Waals surface area contributed by atoms with E-state index in [1.165, 1.54) is 25.6 Å². The quantitative estimate of drug-likeness (QED) is 0.304. The number of hydrogen-bond acceptors (Lipinski definition) is 8. The van der Waals surface area contributed by atoms with Gasteiger partial charge in [-0.3, -0.25) is 4.79 Å². The zero-order chi connectivity index (χ0) is 26.0. The number of thiazole rings is 1. The summed E-state index contributed by atoms with van der Waals surface area (Å²) in [6.07, 6.45) is 0. The summed E-state index contributed by atoms with van der Waals surface area (Å²) in [5.41, 5.74) is 2.21. The third kappa shape index (κ3) is 5.80. The molecule has 0 saturated carbocycles. The van der Waals surface area contributed by atoms with Crippen LogP contribution in [0.5, 0.6) is 0 Å². The third-order valence-electron chi connectivity index (χ3n) is 6.22. The van der Waals surface area contributed by atoms with Crippen LogP contribution in [0.1, 0.15) is 25.3 Å². The Morgan fingerprint density at radius 1 is 1.08 bits per heavy atom. The van der Waals surface area contributed by atoms with Gasteiger partial charge in [0.2, 0.25) is 0 Å². The van der Waals surface area contributed by atoms with Crippen molar-refractivity contribution in [3.05, 3.63) is 80.8 Å². The second kappa shape index (κ2) is 11.9. The van der Waals surface area contributed by atoms with E-state index in [9.17, 15) is 9.59 Å². The van der Waals surface area contributed by atoms with E-state index < -0.39 is 29.4 Å². The molecule has 2 N–H and O–H groups in total. The average molecular weight is 627 g/mol. The maximum Gasteiger partial charge on any atom is 0.336 e. The lowest BCUT2D eigenvalue weighted by Crippen LogP contribution is -2.62. The number of methoxy groups -OCH3 is 2. The van der Waals surface area contributed by atoms with E-state index >= 15 is 0 Å². The van der Waals surface area contributed by atoms with E-state index in [1.54, 1.807) is 19.1 Å². The first-order valence-electron chi connectivity index (χ1n) is 11.1. The number of aromatic nitrogens is 1. The van der Waals surface area contributed by atoms with Crippen molar-refractivity contribution < 1.29 is 19.1 Å². The van der Waals surface area contributed by atoms with Crippen molar-refractivity contribution in [1.82, 2.24) is 10.3 Å². The zero-order valence-corrected chi connectivity index (χ0v) is 24.5. The number of anilines is 1. The van der Waals surface area contributed by atoms with Crippen LogP contribution in [0.25, 0.3) is 11.3 Å². The van der Waals surface area contributed by atoms with E-state index in [1.807, 2.05) is 48.7 Å². The van der Waals surface area contributed by atoms with E-state index in [4.69, 9.17) is 37.7 Å². The normalized spacial score (nSPS) is 20.9. The third-order valence-corrected chi connectivity index (χ3v) is 7.72. The molecule has 3 aromatic rings. The molecule has 0 fully saturated rings. The standard InChI is InChI=1S/C26H25Cl2N3O4S.BrH/c1-14-20(23(32)34-3)21(15-8-6-5-7-9-15)22(24(33)35-4)26(2,30-14)31-25-29-19(13-36-25)16-10-11-17(27)18(28)12-16;/h5-13,21-22,30H,1-4H3,(H,29,31);1H. The van der Waals surface area contributed by atoms with E-state index in [2.05, 4.69) is 10.6 Å². The molecule has 0 amide bonds. The van der Waals surface area contributed by atoms with E-state index in [-0.39, 0.29) is 17.0 Å². The monoisotopic (exact) mass is 625 g/mol. The number of nitrogens with zero attached hydrogens (tertiary/aromatic N) is 1. The second-order valence-electron chi connectivity index (χ2n) is 8.54. The molecule has 1 aromatic heterocycles. The SMILES string of the molecule is Br.COC(=O)C1=C(C)NC(C)(Nc2nc(-c3ccc(Cl)c(Cl)c3)cs2)C(C(=O)OC)C1c1ccccc1. The van der Waals surface area contributed by atoms with Crippen LogP contribution in [0.4, 0.5) is 5.13 Å². The number of ether oxygens (including phenoxy) is 2. The molecule has 4 rings (SSSR count). The predicted molar refractivity (Wildman–Crippen MR) is 152 cm³/mol. The Bertz CT molecular complexity index is 1330. The Morgan fingerprint density at radius 3 is 2.41 bits per heavy atom. The average Bonchev–Trinajstić information content (AvgIpc) is 3.32. The number of esters is 2. The first kappa shape index (κ1) is 29.0. The Morgan fingerprint density at radius 2 is 1.78 bits per heavy atom. The Hall–Kier alpha value is -2.59. The summed E-state index contributed by atoms with van der Waals surface area (Å²) in [6, 6.07) is 14.7. The fourth-order valence-electron chi connectivity index (χ4n) is 4.63. The highest BCUT2D eigenvalue weighted by molar-refractivity contribution is 8.93. The smallest absolute Gasteiger partial charge is 0.336 e. The maximum atomic E-state index is 13.3. The minimum atomic E-state index is -1.05. The molecule has 2 aromatic carbocycles. The van der Waals surface area contributed by atoms with Gasteiger partial charge in [0.25, 0.3) is 0 Å². The Labute approximate surface area is 239 Å². The van der Waals surface area contributed by atoms with Crippen molar-refractivity contribution in [2.45, 2.75) is 25.4 Å². The topological polar surface area (TPSA) is 89.5 Å². The number of allylic oxidation sites excluding steroid dienone is 1. The van der Waals surface area contributed by atoms with Gasteiger partial charge in [0.05, 0.1) is 35.5 Å². The molecule has 196 valence electrons. The lowest BCUT2D eigenvalue weighted by molar-refractivity contribution is -0.149. The first-order valence-corrected chi connectivity index (χ1v) is 12.7. The molecule has 37 heavy (non-hydrogen) atoms. The lowest BCUT2D eigenvalue weighted by Gasteiger charge is -2.46. The molecule has 0 saturated heterocycles. The zero-order valence-electron chi connectivity index (χ0n) is 20.5. The molecular formula is C26H26BrCl2N3O4S. The number of nitrogens with one attached hydrogen (secondary N) is 2. The highest BCUT2D eigenvalue weighted by Gasteiger charge is 2.52. The van der Waals surface area contributed by atoms with Crippen molar-refractivity contribution in [1.29, 1.82) is 0 Å². The van der Waals surface area contributed by atoms with Gasteiger partial charge in [-0.2, -0.15) is 0 Å². The minimum Gasteiger partial charge on any atom is -0.469 e. The molecule has 7 nitrogen and oxygen atoms in total. The summed E-state index contributed by atoms with van der Waals surface area (Å²) < 4.78 is 10.3. The van der Waals surface area contributed by atoms with Gasteiger partial charge in [0.15, 0.2) is 5.13 Å². The molecule has 0 bridgehead atoms. The van der Waals surface area contributed by atoms with Gasteiger partial charge in [-0.15, -0.1) is 28.3 Å². The summed E-state index contributed by atoms with van der Waals surface area (Å²) in [5.74, 6) is -2.46. The molecule has 3 atom stereocenters. The van der Waals surface area contributed by atoms with Crippen molar-refractivity contribution >= 4 is 68.6 Å². The molecule has 0 radical (unpaired) electrons. The van der Waals surface area contributed by atoms with Gasteiger partial charge in [-0.1, -0.05) is 59.6 Å². The second-order valence-corrected chi connectivity index (χ2v) is 10.2. The Balaban J connectivity index is 0.00000380. The van der Waals surface area contributed by atoms with E-state index in [0.717, 1.165) is 11.1 Å². The van der Waals surface area contributed by atoms with Crippen LogP contribution in [0.15, 0.2) is 65.2 Å². The van der Waals surface area contributed by atoms with Gasteiger partial charge in [0.1, 0.15) is 11.6 Å². The van der Waals surface area contributed by atoms with E-state index in [0.29, 0.717) is 32.1 Å². The molecule has 2 heterocycles. The van der Waals surface area contributed by atoms with Crippen LogP contribution < -0.4 is 10.6 Å². The largest absolute Gasteiger partial charge is 0.469 e. The number of rotatable bonds is 6. The van der Waals surface area contributed by atoms with Gasteiger partial charge < -0.3 is 20.1 Å². The molecule has 0 aliphatic carbocycles. The summed E-state index contributed by atoms with van der Waals surface area (Å²) in [7, 11) is 2.66. The minimum absolute atomic E-state index is 0. The molecule has 0 spiro atoms. The molecule has 1 aliphatic rings. The van der Waals surface area contributed by atoms with Crippen LogP contribution >= 0.6 is 51.5 Å². The van der Waals surface area contributed by atoms with Crippen LogP contribution in [-0.4, -0.2) is 36.8 Å². The first-order chi connectivity index (χ1) is 17.2. The molecular weight excluding hydrogens is 601 g/mol. The summed E-state index contributed by atoms with van der Waals surface area (Å²) in [4.78, 5) is 30.9. The number of hydrogen-bond donors (Lipinski definition) is 2. The molecule has 1 aliphatic heterocycles. The van der Waals surface area contributed by atoms with Crippen LogP contribution in [0.3, 0.4) is 0 Å². The van der Waals surface area contributed by atoms with Gasteiger partial charge in [-0.05, 0) is 31.5 Å². The number of carbonyl (C=O) groups is 2. The number of halogens is 3. The van der Waals surface area contributed by atoms with Gasteiger partial charge >= 0.3 is 11.9 Å². The summed E-state index contributed by atoms with van der Waals surface area (Å²) >= 11 is 13.6. The fraction of sp³-hybridized carbons (Fsp3) is 0.269. The fourth-order valence-corrected chi connectivity index (χ4v) is 5.76. The predicted octanol–water partition coefficient (Wildman–Crippen LogP) is 6.45. The van der Waals surface area contributed by atoms with Crippen LogP contribution in [0.2, 0.25) is 10.0 Å². The van der Waals surface area contributed by atoms with Gasteiger partial charge in [0, 0.05) is 22.6 Å². The molecule has 11 heteroatoms. The maximum absolute atomic E-state index is 13.3. The van der Waals surface area contributed by atoms with Gasteiger partial charge in [-0.25, -0.2) is 9.78 Å². The molecule has 3 unspecified atom stereocenters. The Kier molecular flexibility index (Phi) is 9.28. The van der Waals surface area contributed by atoms with Crippen LogP contribution in [-0.2, 0) is 19.1 Å². The summed E-state index contributed by atoms with van der Waals surface area (Å²) in [5, 5.41) is 10.1. The number of carbonyl (C=O) groups excluding carboxylic acids is 2. The summed E-state index contributed by atoms with van der Waals surface area (Å²) in [6.45, 7) is 3.64. The number of benzene rings is 2. The lowest BCUT2D eigenvalue weighted by atomic mass is 9.71. The highest BCUT2D eigenvalue weighted by atomic mass is 79.9. The highest BCUT2D eigenvalue weighted by Crippen LogP contribution is 2.45. The van der Waals surface area contributed by atoms with Crippen molar-refractivity contribution in [3.63, 3.8) is 0 Å².